The number of non-ortho nitro benzene ring substituents is 1. The molecule has 0 saturated heterocycles. The van der Waals surface area contributed by atoms with Gasteiger partial charge in [-0.1, -0.05) is 17.4 Å². The smallest absolute Gasteiger partial charge is 0.272 e. The van der Waals surface area contributed by atoms with Crippen LogP contribution in [0.25, 0.3) is 16.3 Å². The van der Waals surface area contributed by atoms with E-state index in [-0.39, 0.29) is 11.5 Å². The molecule has 0 aliphatic rings. The van der Waals surface area contributed by atoms with E-state index in [2.05, 4.69) is 4.99 Å². The first-order valence-corrected chi connectivity index (χ1v) is 9.68. The molecule has 0 bridgehead atoms. The Morgan fingerprint density at radius 2 is 2.07 bits per heavy atom. The van der Waals surface area contributed by atoms with Crippen LogP contribution in [0, 0.1) is 15.9 Å². The van der Waals surface area contributed by atoms with Gasteiger partial charge in [0.2, 0.25) is 0 Å². The van der Waals surface area contributed by atoms with Crippen LogP contribution in [0.4, 0.5) is 10.1 Å². The summed E-state index contributed by atoms with van der Waals surface area (Å²) in [6, 6.07) is 10.6. The Bertz CT molecular complexity index is 1130. The number of fused-ring (bicyclic) bond motifs is 1. The first-order chi connectivity index (χ1) is 14.0. The topological polar surface area (TPSA) is 86.7 Å². The van der Waals surface area contributed by atoms with E-state index in [1.165, 1.54) is 41.7 Å². The first-order valence-electron chi connectivity index (χ1n) is 8.86. The van der Waals surface area contributed by atoms with Gasteiger partial charge in [-0.25, -0.2) is 4.39 Å². The molecule has 3 aromatic rings. The Hall–Kier alpha value is -3.17. The fraction of sp³-hybridized carbons (Fsp3) is 0.200. The van der Waals surface area contributed by atoms with Gasteiger partial charge in [-0.2, -0.15) is 4.99 Å². The summed E-state index contributed by atoms with van der Waals surface area (Å²) in [6.07, 6.45) is 2.79. The number of halogens is 1. The van der Waals surface area contributed by atoms with Crippen LogP contribution >= 0.6 is 11.3 Å². The lowest BCUT2D eigenvalue weighted by atomic mass is 10.2. The van der Waals surface area contributed by atoms with E-state index in [1.807, 2.05) is 6.92 Å². The summed E-state index contributed by atoms with van der Waals surface area (Å²) < 4.78 is 22.0. The number of carbonyl (C=O) groups excluding carboxylic acids is 1. The van der Waals surface area contributed by atoms with Crippen molar-refractivity contribution in [3.8, 4) is 0 Å². The number of nitro groups is 1. The predicted molar refractivity (Wildman–Crippen MR) is 109 cm³/mol. The van der Waals surface area contributed by atoms with Gasteiger partial charge in [-0.15, -0.1) is 0 Å². The highest BCUT2D eigenvalue weighted by molar-refractivity contribution is 7.16. The maximum Gasteiger partial charge on any atom is 0.272 e. The molecule has 0 radical (unpaired) electrons. The van der Waals surface area contributed by atoms with Crippen molar-refractivity contribution in [2.75, 3.05) is 13.2 Å². The van der Waals surface area contributed by atoms with Crippen molar-refractivity contribution >= 4 is 39.2 Å². The Morgan fingerprint density at radius 3 is 2.76 bits per heavy atom. The molecule has 0 aliphatic heterocycles. The van der Waals surface area contributed by atoms with Gasteiger partial charge in [0.1, 0.15) is 5.82 Å². The Morgan fingerprint density at radius 1 is 1.31 bits per heavy atom. The summed E-state index contributed by atoms with van der Waals surface area (Å²) in [5.74, 6) is -0.897. The number of thiazole rings is 1. The summed E-state index contributed by atoms with van der Waals surface area (Å²) >= 11 is 1.22. The average molecular weight is 415 g/mol. The van der Waals surface area contributed by atoms with Crippen molar-refractivity contribution in [1.29, 1.82) is 0 Å². The van der Waals surface area contributed by atoms with Crippen LogP contribution in [0.3, 0.4) is 0 Å². The highest BCUT2D eigenvalue weighted by atomic mass is 32.1. The van der Waals surface area contributed by atoms with Crippen molar-refractivity contribution in [2.24, 2.45) is 4.99 Å². The number of nitrogens with zero attached hydrogens (tertiary/aromatic N) is 3. The summed E-state index contributed by atoms with van der Waals surface area (Å²) in [5.41, 5.74) is 0.995. The molecule has 0 atom stereocenters. The van der Waals surface area contributed by atoms with Gasteiger partial charge >= 0.3 is 0 Å². The predicted octanol–water partition coefficient (Wildman–Crippen LogP) is 3.93. The van der Waals surface area contributed by atoms with Crippen LogP contribution in [0.15, 0.2) is 53.5 Å². The van der Waals surface area contributed by atoms with E-state index in [9.17, 15) is 19.3 Å². The molecule has 2 aromatic carbocycles. The molecule has 0 unspecified atom stereocenters. The van der Waals surface area contributed by atoms with Gasteiger partial charge in [0, 0.05) is 31.4 Å². The Balaban J connectivity index is 1.89. The molecule has 0 fully saturated rings. The molecule has 0 aliphatic carbocycles. The maximum atomic E-state index is 14.3. The second-order valence-corrected chi connectivity index (χ2v) is 6.96. The normalized spacial score (nSPS) is 12.1. The third-order valence-electron chi connectivity index (χ3n) is 4.04. The zero-order chi connectivity index (χ0) is 20.8. The van der Waals surface area contributed by atoms with E-state index in [0.717, 1.165) is 0 Å². The van der Waals surface area contributed by atoms with Crippen LogP contribution < -0.4 is 4.80 Å². The summed E-state index contributed by atoms with van der Waals surface area (Å²) in [5, 5.41) is 10.7. The van der Waals surface area contributed by atoms with Crippen LogP contribution in [0.1, 0.15) is 12.5 Å². The van der Waals surface area contributed by atoms with E-state index in [1.54, 1.807) is 28.8 Å². The number of carbonyl (C=O) groups is 1. The van der Waals surface area contributed by atoms with Crippen molar-refractivity contribution in [1.82, 2.24) is 4.57 Å². The van der Waals surface area contributed by atoms with Crippen LogP contribution in [-0.4, -0.2) is 28.6 Å². The minimum Gasteiger partial charge on any atom is -0.380 e. The van der Waals surface area contributed by atoms with Crippen molar-refractivity contribution in [3.05, 3.63) is 74.8 Å². The number of nitro benzene ring substituents is 1. The first kappa shape index (κ1) is 20.6. The van der Waals surface area contributed by atoms with Gasteiger partial charge in [-0.3, -0.25) is 14.9 Å². The number of hydrogen-bond donors (Lipinski definition) is 0. The van der Waals surface area contributed by atoms with Crippen molar-refractivity contribution in [3.63, 3.8) is 0 Å². The largest absolute Gasteiger partial charge is 0.380 e. The lowest BCUT2D eigenvalue weighted by Crippen LogP contribution is -2.19. The minimum absolute atomic E-state index is 0.0270. The molecular formula is C20H18FN3O4S. The molecule has 0 N–H and O–H groups in total. The average Bonchev–Trinajstić information content (AvgIpc) is 3.05. The van der Waals surface area contributed by atoms with Crippen LogP contribution in [0.5, 0.6) is 0 Å². The monoisotopic (exact) mass is 415 g/mol. The molecule has 150 valence electrons. The number of amides is 1. The molecule has 3 rings (SSSR count). The van der Waals surface area contributed by atoms with Crippen LogP contribution in [-0.2, 0) is 16.1 Å². The number of benzene rings is 2. The second-order valence-electron chi connectivity index (χ2n) is 5.95. The SMILES string of the molecule is CCOCCn1c(=NC(=O)/C=C\c2ccc([N+](=O)[O-])cc2)sc2cccc(F)c21. The zero-order valence-electron chi connectivity index (χ0n) is 15.6. The van der Waals surface area contributed by atoms with E-state index in [4.69, 9.17) is 4.74 Å². The third kappa shape index (κ3) is 5.01. The van der Waals surface area contributed by atoms with Gasteiger partial charge in [0.05, 0.1) is 21.7 Å². The highest BCUT2D eigenvalue weighted by Crippen LogP contribution is 2.20. The van der Waals surface area contributed by atoms with Gasteiger partial charge in [0.25, 0.3) is 11.6 Å². The number of rotatable bonds is 7. The highest BCUT2D eigenvalue weighted by Gasteiger charge is 2.11. The number of para-hydroxylation sites is 1. The summed E-state index contributed by atoms with van der Waals surface area (Å²) in [4.78, 5) is 27.0. The molecule has 0 spiro atoms. The third-order valence-corrected chi connectivity index (χ3v) is 5.09. The molecule has 9 heteroatoms. The minimum atomic E-state index is -0.513. The number of hydrogen-bond acceptors (Lipinski definition) is 5. The molecule has 7 nitrogen and oxygen atoms in total. The lowest BCUT2D eigenvalue weighted by molar-refractivity contribution is -0.384. The fourth-order valence-electron chi connectivity index (χ4n) is 2.69. The van der Waals surface area contributed by atoms with E-state index < -0.39 is 10.8 Å². The number of aromatic nitrogens is 1. The van der Waals surface area contributed by atoms with Crippen molar-refractivity contribution in [2.45, 2.75) is 13.5 Å². The molecule has 0 saturated carbocycles. The van der Waals surface area contributed by atoms with Gasteiger partial charge < -0.3 is 9.30 Å². The summed E-state index contributed by atoms with van der Waals surface area (Å²) in [6.45, 7) is 3.15. The van der Waals surface area contributed by atoms with E-state index in [0.29, 0.717) is 40.3 Å². The summed E-state index contributed by atoms with van der Waals surface area (Å²) in [7, 11) is 0. The quantitative estimate of drug-likeness (QED) is 0.253. The fourth-order valence-corrected chi connectivity index (χ4v) is 3.76. The van der Waals surface area contributed by atoms with Gasteiger partial charge in [-0.05, 0) is 42.8 Å². The zero-order valence-corrected chi connectivity index (χ0v) is 16.4. The maximum absolute atomic E-state index is 14.3. The molecule has 1 aromatic heterocycles. The van der Waals surface area contributed by atoms with E-state index >= 15 is 0 Å². The Labute approximate surface area is 169 Å². The molecule has 1 amide bonds. The second kappa shape index (κ2) is 9.35. The van der Waals surface area contributed by atoms with Crippen molar-refractivity contribution < 1.29 is 18.8 Å². The molecule has 29 heavy (non-hydrogen) atoms. The lowest BCUT2D eigenvalue weighted by Gasteiger charge is -2.05. The van der Waals surface area contributed by atoms with Crippen LogP contribution in [0.2, 0.25) is 0 Å². The molecular weight excluding hydrogens is 397 g/mol. The standard InChI is InChI=1S/C20H18FN3O4S/c1-2-28-13-12-23-19-16(21)4-3-5-17(19)29-20(23)22-18(25)11-8-14-6-9-15(10-7-14)24(26)27/h3-11H,2,12-13H2,1H3/b11-8-,22-20?. The molecule has 1 heterocycles. The Kier molecular flexibility index (Phi) is 6.63. The van der Waals surface area contributed by atoms with Gasteiger partial charge in [0.15, 0.2) is 4.80 Å². The number of ether oxygens (including phenoxy) is 1.